The van der Waals surface area contributed by atoms with Gasteiger partial charge in [0.25, 0.3) is 0 Å². The van der Waals surface area contributed by atoms with Crippen LogP contribution >= 0.6 is 11.8 Å². The van der Waals surface area contributed by atoms with E-state index in [1.54, 1.807) is 23.8 Å². The van der Waals surface area contributed by atoms with Gasteiger partial charge in [0.05, 0.1) is 18.9 Å². The van der Waals surface area contributed by atoms with Crippen LogP contribution in [0.15, 0.2) is 24.3 Å². The molecule has 0 heterocycles. The Labute approximate surface area is 126 Å². The lowest BCUT2D eigenvalue weighted by Crippen LogP contribution is -2.32. The molecule has 0 aromatic heterocycles. The highest BCUT2D eigenvalue weighted by atomic mass is 32.2. The molecule has 1 amide bonds. The van der Waals surface area contributed by atoms with Gasteiger partial charge in [-0.1, -0.05) is 39.0 Å². The molecule has 1 atom stereocenters. The Morgan fingerprint density at radius 1 is 1.35 bits per heavy atom. The van der Waals surface area contributed by atoms with Crippen molar-refractivity contribution in [1.82, 2.24) is 4.90 Å². The van der Waals surface area contributed by atoms with Gasteiger partial charge >= 0.3 is 0 Å². The predicted octanol–water partition coefficient (Wildman–Crippen LogP) is 3.75. The summed E-state index contributed by atoms with van der Waals surface area (Å²) in [5.41, 5.74) is 1.03. The van der Waals surface area contributed by atoms with Gasteiger partial charge < -0.3 is 9.64 Å². The zero-order valence-electron chi connectivity index (χ0n) is 13.3. The fraction of sp³-hybridized carbons (Fsp3) is 0.562. The molecule has 1 aromatic carbocycles. The Hall–Kier alpha value is -1.16. The number of hydrogen-bond donors (Lipinski definition) is 0. The van der Waals surface area contributed by atoms with E-state index < -0.39 is 0 Å². The highest BCUT2D eigenvalue weighted by Gasteiger charge is 2.22. The van der Waals surface area contributed by atoms with Crippen LogP contribution in [-0.2, 0) is 4.79 Å². The molecule has 1 unspecified atom stereocenters. The summed E-state index contributed by atoms with van der Waals surface area (Å²) in [5.74, 6) is 1.46. The predicted molar refractivity (Wildman–Crippen MR) is 86.4 cm³/mol. The van der Waals surface area contributed by atoms with Crippen LogP contribution in [-0.4, -0.2) is 35.5 Å². The van der Waals surface area contributed by atoms with Crippen molar-refractivity contribution in [2.75, 3.05) is 19.9 Å². The van der Waals surface area contributed by atoms with Crippen LogP contribution in [0.25, 0.3) is 0 Å². The Morgan fingerprint density at radius 2 is 1.95 bits per heavy atom. The third-order valence-electron chi connectivity index (χ3n) is 3.19. The second-order valence-electron chi connectivity index (χ2n) is 5.82. The van der Waals surface area contributed by atoms with E-state index in [0.717, 1.165) is 11.3 Å². The molecule has 0 radical (unpaired) electrons. The Bertz CT molecular complexity index is 454. The zero-order chi connectivity index (χ0) is 15.3. The number of methoxy groups -OCH3 is 1. The molecule has 0 aliphatic carbocycles. The maximum atomic E-state index is 12.3. The van der Waals surface area contributed by atoms with Gasteiger partial charge in [-0.05, 0) is 13.0 Å². The quantitative estimate of drug-likeness (QED) is 0.828. The maximum absolute atomic E-state index is 12.3. The second kappa shape index (κ2) is 7.02. The summed E-state index contributed by atoms with van der Waals surface area (Å²) in [6.45, 7) is 8.38. The molecular formula is C16H25NO2S. The smallest absolute Gasteiger partial charge is 0.232 e. The van der Waals surface area contributed by atoms with E-state index in [1.165, 1.54) is 0 Å². The average Bonchev–Trinajstić information content (AvgIpc) is 2.42. The van der Waals surface area contributed by atoms with Crippen LogP contribution in [0.3, 0.4) is 0 Å². The van der Waals surface area contributed by atoms with Gasteiger partial charge in [-0.15, -0.1) is 11.8 Å². The molecule has 3 nitrogen and oxygen atoms in total. The average molecular weight is 295 g/mol. The number of thioether (sulfide) groups is 1. The van der Waals surface area contributed by atoms with Crippen LogP contribution in [0.1, 0.15) is 39.3 Å². The number of benzene rings is 1. The van der Waals surface area contributed by atoms with Gasteiger partial charge in [0, 0.05) is 17.4 Å². The summed E-state index contributed by atoms with van der Waals surface area (Å²) in [7, 11) is 3.51. The van der Waals surface area contributed by atoms with Crippen molar-refractivity contribution in [3.05, 3.63) is 29.8 Å². The van der Waals surface area contributed by atoms with E-state index in [1.807, 2.05) is 38.2 Å². The molecule has 0 saturated heterocycles. The highest BCUT2D eigenvalue weighted by molar-refractivity contribution is 8.01. The first-order valence-electron chi connectivity index (χ1n) is 6.79. The van der Waals surface area contributed by atoms with Crippen molar-refractivity contribution in [2.24, 2.45) is 0 Å². The van der Waals surface area contributed by atoms with E-state index in [2.05, 4.69) is 20.8 Å². The first-order chi connectivity index (χ1) is 9.26. The summed E-state index contributed by atoms with van der Waals surface area (Å²) in [6.07, 6.45) is 0. The van der Waals surface area contributed by atoms with Gasteiger partial charge in [0.15, 0.2) is 0 Å². The molecule has 0 bridgehead atoms. The lowest BCUT2D eigenvalue weighted by Gasteiger charge is -2.27. The van der Waals surface area contributed by atoms with Gasteiger partial charge in [-0.3, -0.25) is 4.79 Å². The van der Waals surface area contributed by atoms with Crippen molar-refractivity contribution in [1.29, 1.82) is 0 Å². The van der Waals surface area contributed by atoms with Gasteiger partial charge in [-0.2, -0.15) is 0 Å². The van der Waals surface area contributed by atoms with Crippen LogP contribution in [0.2, 0.25) is 0 Å². The number of ether oxygens (including phenoxy) is 1. The minimum atomic E-state index is -0.000724. The monoisotopic (exact) mass is 295 g/mol. The number of nitrogens with zero attached hydrogens (tertiary/aromatic N) is 1. The standard InChI is InChI=1S/C16H25NO2S/c1-12(13-9-7-8-10-14(13)19-6)17(5)15(18)11-20-16(2,3)4/h7-10,12H,11H2,1-6H3. The molecule has 20 heavy (non-hydrogen) atoms. The third-order valence-corrected chi connectivity index (χ3v) is 4.45. The van der Waals surface area contributed by atoms with E-state index in [9.17, 15) is 4.79 Å². The van der Waals surface area contributed by atoms with Crippen molar-refractivity contribution in [2.45, 2.75) is 38.5 Å². The van der Waals surface area contributed by atoms with Crippen molar-refractivity contribution in [3.8, 4) is 5.75 Å². The maximum Gasteiger partial charge on any atom is 0.232 e. The van der Waals surface area contributed by atoms with Crippen molar-refractivity contribution < 1.29 is 9.53 Å². The Morgan fingerprint density at radius 3 is 2.50 bits per heavy atom. The Kier molecular flexibility index (Phi) is 5.93. The molecular weight excluding hydrogens is 270 g/mol. The number of rotatable bonds is 5. The topological polar surface area (TPSA) is 29.5 Å². The van der Waals surface area contributed by atoms with Crippen molar-refractivity contribution in [3.63, 3.8) is 0 Å². The van der Waals surface area contributed by atoms with Crippen LogP contribution in [0.4, 0.5) is 0 Å². The molecule has 0 spiro atoms. The van der Waals surface area contributed by atoms with Gasteiger partial charge in [0.1, 0.15) is 5.75 Å². The summed E-state index contributed by atoms with van der Waals surface area (Å²) >= 11 is 1.67. The van der Waals surface area contributed by atoms with E-state index in [0.29, 0.717) is 5.75 Å². The lowest BCUT2D eigenvalue weighted by molar-refractivity contribution is -0.128. The summed E-state index contributed by atoms with van der Waals surface area (Å²) in [6, 6.07) is 7.83. The number of carbonyl (C=O) groups excluding carboxylic acids is 1. The molecule has 1 aromatic rings. The minimum Gasteiger partial charge on any atom is -0.496 e. The molecule has 0 aliphatic rings. The largest absolute Gasteiger partial charge is 0.496 e. The molecule has 0 aliphatic heterocycles. The zero-order valence-corrected chi connectivity index (χ0v) is 14.1. The van der Waals surface area contributed by atoms with Crippen LogP contribution in [0, 0.1) is 0 Å². The van der Waals surface area contributed by atoms with Crippen molar-refractivity contribution >= 4 is 17.7 Å². The van der Waals surface area contributed by atoms with Crippen LogP contribution < -0.4 is 4.74 Å². The number of para-hydroxylation sites is 1. The normalized spacial score (nSPS) is 12.9. The molecule has 112 valence electrons. The third kappa shape index (κ3) is 4.75. The fourth-order valence-electron chi connectivity index (χ4n) is 1.82. The molecule has 4 heteroatoms. The van der Waals surface area contributed by atoms with Crippen LogP contribution in [0.5, 0.6) is 5.75 Å². The summed E-state index contributed by atoms with van der Waals surface area (Å²) in [5, 5.41) is 0. The molecule has 1 rings (SSSR count). The van der Waals surface area contributed by atoms with Gasteiger partial charge in [0.2, 0.25) is 5.91 Å². The SMILES string of the molecule is COc1ccccc1C(C)N(C)C(=O)CSC(C)(C)C. The first kappa shape index (κ1) is 16.9. The minimum absolute atomic E-state index is 0.000724. The summed E-state index contributed by atoms with van der Waals surface area (Å²) in [4.78, 5) is 14.1. The number of hydrogen-bond acceptors (Lipinski definition) is 3. The molecule has 0 saturated carbocycles. The molecule has 0 N–H and O–H groups in total. The fourth-order valence-corrected chi connectivity index (χ4v) is 2.58. The number of carbonyl (C=O) groups is 1. The second-order valence-corrected chi connectivity index (χ2v) is 7.63. The van der Waals surface area contributed by atoms with E-state index in [-0.39, 0.29) is 16.7 Å². The highest BCUT2D eigenvalue weighted by Crippen LogP contribution is 2.29. The Balaban J connectivity index is 2.75. The van der Waals surface area contributed by atoms with E-state index in [4.69, 9.17) is 4.74 Å². The van der Waals surface area contributed by atoms with Gasteiger partial charge in [-0.25, -0.2) is 0 Å². The lowest BCUT2D eigenvalue weighted by atomic mass is 10.1. The van der Waals surface area contributed by atoms with E-state index >= 15 is 0 Å². The summed E-state index contributed by atoms with van der Waals surface area (Å²) < 4.78 is 5.47. The number of amides is 1. The first-order valence-corrected chi connectivity index (χ1v) is 7.77. The molecule has 0 fully saturated rings.